The van der Waals surface area contributed by atoms with Crippen LogP contribution in [0.2, 0.25) is 0 Å². The Morgan fingerprint density at radius 1 is 0.971 bits per heavy atom. The van der Waals surface area contributed by atoms with E-state index in [0.29, 0.717) is 37.4 Å². The molecule has 2 fully saturated rings. The van der Waals surface area contributed by atoms with Gasteiger partial charge in [0.2, 0.25) is 15.9 Å². The minimum absolute atomic E-state index is 0.00114. The lowest BCUT2D eigenvalue weighted by atomic mass is 9.97. The fraction of sp³-hybridized carbons (Fsp3) is 0.480. The molecule has 0 saturated carbocycles. The second kappa shape index (κ2) is 11.7. The normalized spacial score (nSPS) is 18.6. The maximum Gasteiger partial charge on any atom is 0.243 e. The predicted molar refractivity (Wildman–Crippen MR) is 134 cm³/mol. The molecule has 7 nitrogen and oxygen atoms in total. The molecule has 2 aliphatic rings. The van der Waals surface area contributed by atoms with Crippen molar-refractivity contribution in [3.8, 4) is 0 Å². The summed E-state index contributed by atoms with van der Waals surface area (Å²) in [5.41, 5.74) is 2.32. The van der Waals surface area contributed by atoms with E-state index in [1.807, 2.05) is 18.4 Å². The Balaban J connectivity index is 1.23. The van der Waals surface area contributed by atoms with E-state index in [9.17, 15) is 13.2 Å². The summed E-state index contributed by atoms with van der Waals surface area (Å²) >= 11 is 1.58. The first-order valence-electron chi connectivity index (χ1n) is 11.8. The summed E-state index contributed by atoms with van der Waals surface area (Å²) in [6, 6.07) is 15.3. The van der Waals surface area contributed by atoms with Crippen molar-refractivity contribution < 1.29 is 17.9 Å². The van der Waals surface area contributed by atoms with E-state index in [4.69, 9.17) is 4.74 Å². The minimum Gasteiger partial charge on any atom is -0.379 e. The second-order valence-corrected chi connectivity index (χ2v) is 11.6. The van der Waals surface area contributed by atoms with Crippen molar-refractivity contribution >= 4 is 27.7 Å². The molecule has 1 amide bonds. The van der Waals surface area contributed by atoms with Gasteiger partial charge in [-0.15, -0.1) is 11.8 Å². The van der Waals surface area contributed by atoms with Crippen LogP contribution in [0.1, 0.15) is 24.0 Å². The largest absolute Gasteiger partial charge is 0.379 e. The fourth-order valence-corrected chi connectivity index (χ4v) is 6.25. The molecular weight excluding hydrogens is 470 g/mol. The van der Waals surface area contributed by atoms with E-state index in [0.717, 1.165) is 43.3 Å². The van der Waals surface area contributed by atoms with Crippen molar-refractivity contribution in [1.82, 2.24) is 14.5 Å². The Morgan fingerprint density at radius 2 is 1.59 bits per heavy atom. The van der Waals surface area contributed by atoms with Gasteiger partial charge >= 0.3 is 0 Å². The monoisotopic (exact) mass is 503 g/mol. The molecule has 9 heteroatoms. The summed E-state index contributed by atoms with van der Waals surface area (Å²) < 4.78 is 32.8. The number of ether oxygens (including phenoxy) is 1. The third kappa shape index (κ3) is 6.40. The first-order valence-corrected chi connectivity index (χ1v) is 14.4. The highest BCUT2D eigenvalue weighted by atomic mass is 32.2. The van der Waals surface area contributed by atoms with Gasteiger partial charge in [-0.25, -0.2) is 8.42 Å². The quantitative estimate of drug-likeness (QED) is 0.558. The van der Waals surface area contributed by atoms with Gasteiger partial charge in [-0.2, -0.15) is 4.31 Å². The molecule has 2 aromatic rings. The van der Waals surface area contributed by atoms with E-state index >= 15 is 0 Å². The first-order chi connectivity index (χ1) is 16.5. The van der Waals surface area contributed by atoms with Crippen LogP contribution in [-0.4, -0.2) is 69.2 Å². The third-order valence-corrected chi connectivity index (χ3v) is 9.18. The van der Waals surface area contributed by atoms with Gasteiger partial charge in [0.15, 0.2) is 0 Å². The van der Waals surface area contributed by atoms with Crippen LogP contribution in [0.5, 0.6) is 0 Å². The summed E-state index contributed by atoms with van der Waals surface area (Å²) in [5, 5.41) is 3.03. The highest BCUT2D eigenvalue weighted by molar-refractivity contribution is 7.98. The number of morpholine rings is 1. The second-order valence-electron chi connectivity index (χ2n) is 8.78. The van der Waals surface area contributed by atoms with Crippen LogP contribution in [-0.2, 0) is 32.6 Å². The number of piperidine rings is 1. The number of carbonyl (C=O) groups excluding carboxylic acids is 1. The van der Waals surface area contributed by atoms with Crippen LogP contribution in [0.25, 0.3) is 0 Å². The average Bonchev–Trinajstić information content (AvgIpc) is 2.89. The topological polar surface area (TPSA) is 79.0 Å². The zero-order valence-electron chi connectivity index (χ0n) is 19.6. The maximum atomic E-state index is 12.9. The Hall–Kier alpha value is -1.91. The SMILES string of the molecule is CSc1ccc(S(=O)(=O)N2CCC(C(=O)NCc3ccc(CN4CCOCC4)cc3)CC2)cc1. The van der Waals surface area contributed by atoms with Crippen molar-refractivity contribution in [3.63, 3.8) is 0 Å². The van der Waals surface area contributed by atoms with Crippen LogP contribution >= 0.6 is 11.8 Å². The van der Waals surface area contributed by atoms with Gasteiger partial charge in [-0.3, -0.25) is 9.69 Å². The van der Waals surface area contributed by atoms with E-state index in [-0.39, 0.29) is 11.8 Å². The summed E-state index contributed by atoms with van der Waals surface area (Å²) in [4.78, 5) is 16.4. The van der Waals surface area contributed by atoms with E-state index in [1.54, 1.807) is 23.9 Å². The number of rotatable bonds is 8. The molecule has 2 saturated heterocycles. The number of thioether (sulfide) groups is 1. The Bertz CT molecular complexity index is 1040. The molecule has 2 aromatic carbocycles. The Labute approximate surface area is 206 Å². The Morgan fingerprint density at radius 3 is 2.21 bits per heavy atom. The van der Waals surface area contributed by atoms with Crippen LogP contribution in [0, 0.1) is 5.92 Å². The number of hydrogen-bond acceptors (Lipinski definition) is 6. The molecule has 0 bridgehead atoms. The van der Waals surface area contributed by atoms with Gasteiger partial charge in [0.25, 0.3) is 0 Å². The zero-order valence-corrected chi connectivity index (χ0v) is 21.2. The molecule has 184 valence electrons. The molecule has 0 radical (unpaired) electrons. The number of carbonyl (C=O) groups is 1. The van der Waals surface area contributed by atoms with Gasteiger partial charge in [0.1, 0.15) is 0 Å². The van der Waals surface area contributed by atoms with E-state index in [2.05, 4.69) is 34.5 Å². The van der Waals surface area contributed by atoms with E-state index in [1.165, 1.54) is 9.87 Å². The van der Waals surface area contributed by atoms with Gasteiger partial charge in [-0.1, -0.05) is 24.3 Å². The molecule has 2 heterocycles. The van der Waals surface area contributed by atoms with Crippen molar-refractivity contribution in [1.29, 1.82) is 0 Å². The van der Waals surface area contributed by atoms with Gasteiger partial charge in [0.05, 0.1) is 18.1 Å². The molecule has 1 N–H and O–H groups in total. The lowest BCUT2D eigenvalue weighted by molar-refractivity contribution is -0.126. The lowest BCUT2D eigenvalue weighted by Gasteiger charge is -2.30. The molecule has 0 spiro atoms. The molecule has 2 aliphatic heterocycles. The smallest absolute Gasteiger partial charge is 0.243 e. The molecule has 0 atom stereocenters. The lowest BCUT2D eigenvalue weighted by Crippen LogP contribution is -2.42. The molecule has 0 aromatic heterocycles. The number of nitrogens with one attached hydrogen (secondary N) is 1. The summed E-state index contributed by atoms with van der Waals surface area (Å²) in [6.07, 6.45) is 3.03. The van der Waals surface area contributed by atoms with Crippen LogP contribution in [0.4, 0.5) is 0 Å². The highest BCUT2D eigenvalue weighted by Crippen LogP contribution is 2.25. The van der Waals surface area contributed by atoms with Crippen molar-refractivity contribution in [2.75, 3.05) is 45.6 Å². The molecule has 0 aliphatic carbocycles. The van der Waals surface area contributed by atoms with E-state index < -0.39 is 10.0 Å². The maximum absolute atomic E-state index is 12.9. The fourth-order valence-electron chi connectivity index (χ4n) is 4.37. The van der Waals surface area contributed by atoms with Crippen molar-refractivity contribution in [3.05, 3.63) is 59.7 Å². The number of nitrogens with zero attached hydrogens (tertiary/aromatic N) is 2. The standard InChI is InChI=1S/C25H33N3O4S2/c1-33-23-6-8-24(9-7-23)34(30,31)28-12-10-22(11-13-28)25(29)26-18-20-2-4-21(5-3-20)19-27-14-16-32-17-15-27/h2-9,22H,10-19H2,1H3,(H,26,29). The number of sulfonamides is 1. The third-order valence-electron chi connectivity index (χ3n) is 6.52. The number of hydrogen-bond donors (Lipinski definition) is 1. The minimum atomic E-state index is -3.52. The van der Waals surface area contributed by atoms with Gasteiger partial charge in [-0.05, 0) is 54.5 Å². The Kier molecular flexibility index (Phi) is 8.65. The number of benzene rings is 2. The van der Waals surface area contributed by atoms with Crippen molar-refractivity contribution in [2.45, 2.75) is 35.7 Å². The molecule has 4 rings (SSSR count). The van der Waals surface area contributed by atoms with Gasteiger partial charge < -0.3 is 10.1 Å². The summed E-state index contributed by atoms with van der Waals surface area (Å²) in [5.74, 6) is -0.162. The van der Waals surface area contributed by atoms with Crippen LogP contribution in [0.15, 0.2) is 58.3 Å². The van der Waals surface area contributed by atoms with Gasteiger partial charge in [0, 0.05) is 50.1 Å². The molecule has 0 unspecified atom stereocenters. The number of amides is 1. The highest BCUT2D eigenvalue weighted by Gasteiger charge is 2.32. The van der Waals surface area contributed by atoms with Crippen molar-refractivity contribution in [2.24, 2.45) is 5.92 Å². The predicted octanol–water partition coefficient (Wildman–Crippen LogP) is 2.96. The van der Waals surface area contributed by atoms with Crippen LogP contribution < -0.4 is 5.32 Å². The first kappa shape index (κ1) is 25.2. The average molecular weight is 504 g/mol. The molecular formula is C25H33N3O4S2. The summed E-state index contributed by atoms with van der Waals surface area (Å²) in [7, 11) is -3.52. The van der Waals surface area contributed by atoms with Crippen LogP contribution in [0.3, 0.4) is 0 Å². The molecule has 34 heavy (non-hydrogen) atoms. The summed E-state index contributed by atoms with van der Waals surface area (Å²) in [6.45, 7) is 5.63. The zero-order chi connectivity index (χ0) is 24.0.